The van der Waals surface area contributed by atoms with Gasteiger partial charge in [-0.3, -0.25) is 19.3 Å². The molecule has 3 atom stereocenters. The molecule has 0 aromatic heterocycles. The van der Waals surface area contributed by atoms with Crippen molar-refractivity contribution in [2.45, 2.75) is 39.2 Å². The molecule has 3 amide bonds. The summed E-state index contributed by atoms with van der Waals surface area (Å²) in [5.41, 5.74) is 0.444. The fraction of sp³-hybridized carbons (Fsp3) is 0.455. The van der Waals surface area contributed by atoms with Gasteiger partial charge in [0, 0.05) is 0 Å². The van der Waals surface area contributed by atoms with Gasteiger partial charge in [0.1, 0.15) is 6.04 Å². The summed E-state index contributed by atoms with van der Waals surface area (Å²) < 4.78 is 4.70. The lowest BCUT2D eigenvalue weighted by Gasteiger charge is -2.27. The van der Waals surface area contributed by atoms with E-state index in [2.05, 4.69) is 5.32 Å². The third-order valence-corrected chi connectivity index (χ3v) is 5.83. The number of benzene rings is 1. The summed E-state index contributed by atoms with van der Waals surface area (Å²) in [6.45, 7) is 3.84. The van der Waals surface area contributed by atoms with Gasteiger partial charge in [-0.25, -0.2) is 4.79 Å². The van der Waals surface area contributed by atoms with Gasteiger partial charge in [0.15, 0.2) is 0 Å². The minimum absolute atomic E-state index is 0.0685. The fourth-order valence-electron chi connectivity index (χ4n) is 3.99. The number of fused-ring (bicyclic) bond motifs is 1. The maximum atomic E-state index is 13.2. The number of nitrogens with one attached hydrogen (secondary N) is 1. The van der Waals surface area contributed by atoms with Crippen LogP contribution in [-0.4, -0.2) is 41.7 Å². The molecule has 1 heterocycles. The highest BCUT2D eigenvalue weighted by molar-refractivity contribution is 6.34. The number of esters is 1. The molecule has 8 heteroatoms. The molecule has 1 aromatic rings. The van der Waals surface area contributed by atoms with Crippen LogP contribution in [0.15, 0.2) is 30.4 Å². The summed E-state index contributed by atoms with van der Waals surface area (Å²) in [5.74, 6) is -2.43. The van der Waals surface area contributed by atoms with Gasteiger partial charge < -0.3 is 10.1 Å². The van der Waals surface area contributed by atoms with Crippen molar-refractivity contribution in [1.82, 2.24) is 4.90 Å². The predicted octanol–water partition coefficient (Wildman–Crippen LogP) is 3.43. The van der Waals surface area contributed by atoms with Gasteiger partial charge in [-0.2, -0.15) is 0 Å². The Bertz CT molecular complexity index is 885. The third-order valence-electron chi connectivity index (χ3n) is 5.50. The van der Waals surface area contributed by atoms with Gasteiger partial charge in [-0.15, -0.1) is 0 Å². The van der Waals surface area contributed by atoms with Gasteiger partial charge >= 0.3 is 5.97 Å². The number of allylic oxidation sites excluding steroid dienone is 2. The second kappa shape index (κ2) is 9.00. The quantitative estimate of drug-likeness (QED) is 0.422. The highest BCUT2D eigenvalue weighted by Gasteiger charge is 2.51. The molecule has 1 saturated heterocycles. The maximum Gasteiger partial charge on any atom is 0.337 e. The number of nitrogens with zero attached hydrogens (tertiary/aromatic N) is 1. The van der Waals surface area contributed by atoms with Crippen molar-refractivity contribution in [3.05, 3.63) is 40.9 Å². The van der Waals surface area contributed by atoms with E-state index in [0.717, 1.165) is 4.90 Å². The molecule has 0 bridgehead atoms. The molecule has 3 rings (SSSR count). The normalized spacial score (nSPS) is 21.6. The molecule has 1 fully saturated rings. The van der Waals surface area contributed by atoms with E-state index in [0.29, 0.717) is 19.3 Å². The lowest BCUT2D eigenvalue weighted by atomic mass is 9.85. The Hall–Kier alpha value is -2.67. The Morgan fingerprint density at radius 1 is 1.17 bits per heavy atom. The molecule has 0 spiro atoms. The van der Waals surface area contributed by atoms with Gasteiger partial charge in [0.25, 0.3) is 0 Å². The highest BCUT2D eigenvalue weighted by Crippen LogP contribution is 2.37. The number of imide groups is 1. The van der Waals surface area contributed by atoms with E-state index in [1.54, 1.807) is 0 Å². The first kappa shape index (κ1) is 22.0. The summed E-state index contributed by atoms with van der Waals surface area (Å²) in [6.07, 6.45) is 5.16. The van der Waals surface area contributed by atoms with Crippen molar-refractivity contribution in [3.8, 4) is 0 Å². The summed E-state index contributed by atoms with van der Waals surface area (Å²) in [5, 5.41) is 2.93. The smallest absolute Gasteiger partial charge is 0.337 e. The van der Waals surface area contributed by atoms with E-state index in [9.17, 15) is 19.2 Å². The monoisotopic (exact) mass is 432 g/mol. The van der Waals surface area contributed by atoms with Crippen LogP contribution >= 0.6 is 11.6 Å². The zero-order chi connectivity index (χ0) is 22.0. The standard InChI is InChI=1S/C22H25ClN2O5/c1-12(2)10-18(25-20(27)14-6-4-5-7-15(14)21(25)28)19(26)24-17-11-13(22(29)30-3)8-9-16(17)23/h4-5,8-9,11-12,14-15,18H,6-7,10H2,1-3H3,(H,24,26). The van der Waals surface area contributed by atoms with Crippen LogP contribution in [0, 0.1) is 17.8 Å². The van der Waals surface area contributed by atoms with Gasteiger partial charge in [-0.1, -0.05) is 37.6 Å². The molecule has 0 radical (unpaired) electrons. The summed E-state index contributed by atoms with van der Waals surface area (Å²) in [6, 6.07) is 3.43. The molecule has 1 aliphatic carbocycles. The van der Waals surface area contributed by atoms with Crippen molar-refractivity contribution < 1.29 is 23.9 Å². The topological polar surface area (TPSA) is 92.8 Å². The molecule has 30 heavy (non-hydrogen) atoms. The SMILES string of the molecule is COC(=O)c1ccc(Cl)c(NC(=O)C(CC(C)C)N2C(=O)C3CC=CCC3C2=O)c1. The highest BCUT2D eigenvalue weighted by atomic mass is 35.5. The number of hydrogen-bond acceptors (Lipinski definition) is 5. The van der Waals surface area contributed by atoms with Crippen molar-refractivity contribution in [2.75, 3.05) is 12.4 Å². The van der Waals surface area contributed by atoms with E-state index >= 15 is 0 Å². The van der Waals surface area contributed by atoms with Crippen LogP contribution in [0.25, 0.3) is 0 Å². The number of rotatable bonds is 6. The Labute approximate surface area is 180 Å². The van der Waals surface area contributed by atoms with Crippen molar-refractivity contribution >= 4 is 41.0 Å². The van der Waals surface area contributed by atoms with Crippen LogP contribution in [0.5, 0.6) is 0 Å². The van der Waals surface area contributed by atoms with Gasteiger partial charge in [-0.05, 0) is 43.4 Å². The van der Waals surface area contributed by atoms with Crippen LogP contribution in [0.3, 0.4) is 0 Å². The Morgan fingerprint density at radius 3 is 2.30 bits per heavy atom. The molecule has 160 valence electrons. The number of carbonyl (C=O) groups is 4. The Morgan fingerprint density at radius 2 is 1.77 bits per heavy atom. The molecular formula is C22H25ClN2O5. The zero-order valence-corrected chi connectivity index (χ0v) is 17.9. The van der Waals surface area contributed by atoms with Crippen LogP contribution in [0.2, 0.25) is 5.02 Å². The van der Waals surface area contributed by atoms with Gasteiger partial charge in [0.2, 0.25) is 17.7 Å². The van der Waals surface area contributed by atoms with E-state index in [4.69, 9.17) is 16.3 Å². The first-order valence-electron chi connectivity index (χ1n) is 9.95. The molecule has 1 aromatic carbocycles. The summed E-state index contributed by atoms with van der Waals surface area (Å²) in [4.78, 5) is 52.1. The third kappa shape index (κ3) is 4.26. The van der Waals surface area contributed by atoms with Crippen LogP contribution in [0.1, 0.15) is 43.5 Å². The number of ether oxygens (including phenoxy) is 1. The van der Waals surface area contributed by atoms with Crippen molar-refractivity contribution in [1.29, 1.82) is 0 Å². The Balaban J connectivity index is 1.88. The minimum Gasteiger partial charge on any atom is -0.465 e. The maximum absolute atomic E-state index is 13.2. The number of carbonyl (C=O) groups excluding carboxylic acids is 4. The predicted molar refractivity (Wildman–Crippen MR) is 112 cm³/mol. The lowest BCUT2D eigenvalue weighted by molar-refractivity contribution is -0.147. The van der Waals surface area contributed by atoms with Crippen LogP contribution in [0.4, 0.5) is 5.69 Å². The first-order chi connectivity index (χ1) is 14.2. The average molecular weight is 433 g/mol. The van der Waals surface area contributed by atoms with E-state index in [1.165, 1.54) is 25.3 Å². The second-order valence-electron chi connectivity index (χ2n) is 8.02. The molecule has 7 nitrogen and oxygen atoms in total. The van der Waals surface area contributed by atoms with Crippen molar-refractivity contribution in [2.24, 2.45) is 17.8 Å². The van der Waals surface area contributed by atoms with Crippen LogP contribution in [-0.2, 0) is 19.1 Å². The number of likely N-dealkylation sites (tertiary alicyclic amines) is 1. The van der Waals surface area contributed by atoms with E-state index in [1.807, 2.05) is 26.0 Å². The number of methoxy groups -OCH3 is 1. The average Bonchev–Trinajstić information content (AvgIpc) is 2.97. The Kier molecular flexibility index (Phi) is 6.61. The second-order valence-corrected chi connectivity index (χ2v) is 8.43. The number of hydrogen-bond donors (Lipinski definition) is 1. The number of anilines is 1. The molecule has 2 aliphatic rings. The zero-order valence-electron chi connectivity index (χ0n) is 17.2. The van der Waals surface area contributed by atoms with Gasteiger partial charge in [0.05, 0.1) is 35.2 Å². The van der Waals surface area contributed by atoms with Crippen molar-refractivity contribution in [3.63, 3.8) is 0 Å². The molecule has 3 unspecified atom stereocenters. The molecular weight excluding hydrogens is 408 g/mol. The molecule has 0 saturated carbocycles. The summed E-state index contributed by atoms with van der Waals surface area (Å²) >= 11 is 6.19. The first-order valence-corrected chi connectivity index (χ1v) is 10.3. The summed E-state index contributed by atoms with van der Waals surface area (Å²) in [7, 11) is 1.26. The number of amides is 3. The van der Waals surface area contributed by atoms with E-state index < -0.39 is 29.8 Å². The lowest BCUT2D eigenvalue weighted by Crippen LogP contribution is -2.48. The van der Waals surface area contributed by atoms with E-state index in [-0.39, 0.29) is 34.0 Å². The minimum atomic E-state index is -0.951. The largest absolute Gasteiger partial charge is 0.465 e. The fourth-order valence-corrected chi connectivity index (χ4v) is 4.16. The van der Waals surface area contributed by atoms with Crippen LogP contribution < -0.4 is 5.32 Å². The molecule has 1 aliphatic heterocycles. The number of halogens is 1. The molecule has 1 N–H and O–H groups in total.